The summed E-state index contributed by atoms with van der Waals surface area (Å²) < 4.78 is 26.2. The van der Waals surface area contributed by atoms with E-state index >= 15 is 0 Å². The molecule has 2 N–H and O–H groups in total. The minimum absolute atomic E-state index is 0.123. The zero-order valence-corrected chi connectivity index (χ0v) is 11.0. The molecule has 0 aliphatic heterocycles. The van der Waals surface area contributed by atoms with Crippen molar-refractivity contribution in [3.63, 3.8) is 0 Å². The van der Waals surface area contributed by atoms with Gasteiger partial charge in [-0.25, -0.2) is 13.8 Å². The number of nitrogen functional groups attached to an aromatic ring is 1. The number of nitrogens with two attached hydrogens (primary N) is 1. The van der Waals surface area contributed by atoms with Crippen LogP contribution in [0.3, 0.4) is 0 Å². The van der Waals surface area contributed by atoms with Gasteiger partial charge in [0, 0.05) is 12.0 Å². The Balaban J connectivity index is 2.22. The summed E-state index contributed by atoms with van der Waals surface area (Å²) in [6, 6.07) is 3.42. The first-order valence-electron chi connectivity index (χ1n) is 5.68. The first-order chi connectivity index (χ1) is 8.95. The molecule has 2 aromatic rings. The zero-order chi connectivity index (χ0) is 14.0. The molecule has 0 aliphatic carbocycles. The third kappa shape index (κ3) is 3.38. The van der Waals surface area contributed by atoms with Crippen molar-refractivity contribution in [2.75, 3.05) is 5.73 Å². The van der Waals surface area contributed by atoms with Crippen LogP contribution in [0, 0.1) is 11.6 Å². The van der Waals surface area contributed by atoms with E-state index in [4.69, 9.17) is 17.3 Å². The summed E-state index contributed by atoms with van der Waals surface area (Å²) in [5.41, 5.74) is 6.56. The maximum absolute atomic E-state index is 13.1. The lowest BCUT2D eigenvalue weighted by Crippen LogP contribution is -2.05. The van der Waals surface area contributed by atoms with E-state index in [0.29, 0.717) is 17.7 Å². The first-order valence-corrected chi connectivity index (χ1v) is 6.06. The van der Waals surface area contributed by atoms with Crippen LogP contribution in [-0.2, 0) is 6.42 Å². The largest absolute Gasteiger partial charge is 0.382 e. The van der Waals surface area contributed by atoms with Crippen LogP contribution >= 0.6 is 11.6 Å². The molecular formula is C13H12ClF2N3. The summed E-state index contributed by atoms with van der Waals surface area (Å²) in [7, 11) is 0. The Kier molecular flexibility index (Phi) is 3.95. The van der Waals surface area contributed by atoms with Crippen LogP contribution in [0.4, 0.5) is 14.6 Å². The van der Waals surface area contributed by atoms with Crippen LogP contribution in [-0.4, -0.2) is 9.97 Å². The second-order valence-corrected chi connectivity index (χ2v) is 4.71. The number of aromatic nitrogens is 2. The molecule has 0 bridgehead atoms. The molecular weight excluding hydrogens is 272 g/mol. The van der Waals surface area contributed by atoms with Gasteiger partial charge in [-0.2, -0.15) is 0 Å². The fourth-order valence-corrected chi connectivity index (χ4v) is 2.23. The van der Waals surface area contributed by atoms with E-state index in [2.05, 4.69) is 9.97 Å². The van der Waals surface area contributed by atoms with Crippen LogP contribution in [0.5, 0.6) is 0 Å². The van der Waals surface area contributed by atoms with Crippen molar-refractivity contribution in [2.45, 2.75) is 19.3 Å². The number of benzene rings is 1. The normalized spacial score (nSPS) is 12.4. The Hall–Kier alpha value is -1.75. The highest BCUT2D eigenvalue weighted by atomic mass is 35.5. The van der Waals surface area contributed by atoms with Gasteiger partial charge in [0.1, 0.15) is 17.5 Å². The predicted molar refractivity (Wildman–Crippen MR) is 69.9 cm³/mol. The Labute approximate surface area is 114 Å². The maximum Gasteiger partial charge on any atom is 0.153 e. The van der Waals surface area contributed by atoms with Gasteiger partial charge >= 0.3 is 0 Å². The van der Waals surface area contributed by atoms with Crippen molar-refractivity contribution in [3.05, 3.63) is 52.4 Å². The molecule has 1 heterocycles. The molecule has 1 aromatic carbocycles. The van der Waals surface area contributed by atoms with Gasteiger partial charge in [-0.15, -0.1) is 0 Å². The number of hydrogen-bond donors (Lipinski definition) is 1. The average molecular weight is 284 g/mol. The summed E-state index contributed by atoms with van der Waals surface area (Å²) in [4.78, 5) is 8.02. The highest BCUT2D eigenvalue weighted by Gasteiger charge is 2.14. The molecule has 0 spiro atoms. The van der Waals surface area contributed by atoms with E-state index in [1.165, 1.54) is 18.3 Å². The fraction of sp³-hybridized carbons (Fsp3) is 0.231. The molecule has 0 saturated heterocycles. The van der Waals surface area contributed by atoms with Crippen LogP contribution in [0.25, 0.3) is 0 Å². The number of anilines is 1. The van der Waals surface area contributed by atoms with Crippen LogP contribution in [0.15, 0.2) is 24.4 Å². The quantitative estimate of drug-likeness (QED) is 0.940. The number of hydrogen-bond acceptors (Lipinski definition) is 3. The molecule has 0 saturated carbocycles. The molecule has 6 heteroatoms. The SMILES string of the molecule is CC(Cc1cc(F)cc(F)c1)c1ncc(N)nc1Cl. The summed E-state index contributed by atoms with van der Waals surface area (Å²) >= 11 is 5.95. The lowest BCUT2D eigenvalue weighted by molar-refractivity contribution is 0.576. The summed E-state index contributed by atoms with van der Waals surface area (Å²) in [6.07, 6.45) is 1.82. The van der Waals surface area contributed by atoms with E-state index in [1.54, 1.807) is 0 Å². The molecule has 1 unspecified atom stereocenters. The predicted octanol–water partition coefficient (Wildman–Crippen LogP) is 3.34. The summed E-state index contributed by atoms with van der Waals surface area (Å²) in [6.45, 7) is 1.86. The van der Waals surface area contributed by atoms with Gasteiger partial charge in [-0.05, 0) is 24.1 Å². The monoisotopic (exact) mass is 283 g/mol. The van der Waals surface area contributed by atoms with E-state index in [1.807, 2.05) is 6.92 Å². The zero-order valence-electron chi connectivity index (χ0n) is 10.2. The average Bonchev–Trinajstić information content (AvgIpc) is 2.26. The van der Waals surface area contributed by atoms with E-state index in [9.17, 15) is 8.78 Å². The topological polar surface area (TPSA) is 51.8 Å². The second-order valence-electron chi connectivity index (χ2n) is 4.35. The summed E-state index contributed by atoms with van der Waals surface area (Å²) in [5, 5.41) is 0.212. The lowest BCUT2D eigenvalue weighted by Gasteiger charge is -2.12. The van der Waals surface area contributed by atoms with Gasteiger partial charge in [0.05, 0.1) is 11.9 Å². The highest BCUT2D eigenvalue weighted by Crippen LogP contribution is 2.25. The van der Waals surface area contributed by atoms with Gasteiger partial charge in [0.2, 0.25) is 0 Å². The van der Waals surface area contributed by atoms with Crippen LogP contribution < -0.4 is 5.73 Å². The standard InChI is InChI=1S/C13H12ClF2N3/c1-7(12-13(14)19-11(17)6-18-12)2-8-3-9(15)5-10(16)4-8/h3-7H,2H2,1H3,(H2,17,19). The van der Waals surface area contributed by atoms with Crippen molar-refractivity contribution < 1.29 is 8.78 Å². The highest BCUT2D eigenvalue weighted by molar-refractivity contribution is 6.30. The second kappa shape index (κ2) is 5.48. The van der Waals surface area contributed by atoms with Crippen molar-refractivity contribution in [3.8, 4) is 0 Å². The first kappa shape index (κ1) is 13.7. The van der Waals surface area contributed by atoms with Gasteiger partial charge in [-0.1, -0.05) is 18.5 Å². The molecule has 0 fully saturated rings. The van der Waals surface area contributed by atoms with E-state index < -0.39 is 11.6 Å². The Bertz CT molecular complexity index is 584. The molecule has 3 nitrogen and oxygen atoms in total. The summed E-state index contributed by atoms with van der Waals surface area (Å²) in [5.74, 6) is -1.09. The molecule has 0 radical (unpaired) electrons. The molecule has 1 aromatic heterocycles. The van der Waals surface area contributed by atoms with E-state index in [-0.39, 0.29) is 16.9 Å². The molecule has 1 atom stereocenters. The molecule has 100 valence electrons. The van der Waals surface area contributed by atoms with E-state index in [0.717, 1.165) is 6.07 Å². The van der Waals surface area contributed by atoms with Crippen molar-refractivity contribution in [1.29, 1.82) is 0 Å². The van der Waals surface area contributed by atoms with Crippen molar-refractivity contribution in [1.82, 2.24) is 9.97 Å². The van der Waals surface area contributed by atoms with Crippen LogP contribution in [0.2, 0.25) is 5.15 Å². The minimum Gasteiger partial charge on any atom is -0.382 e. The van der Waals surface area contributed by atoms with Crippen molar-refractivity contribution in [2.24, 2.45) is 0 Å². The van der Waals surface area contributed by atoms with Crippen molar-refractivity contribution >= 4 is 17.4 Å². The fourth-order valence-electron chi connectivity index (χ4n) is 1.90. The third-order valence-electron chi connectivity index (χ3n) is 2.71. The Morgan fingerprint density at radius 3 is 2.47 bits per heavy atom. The number of nitrogens with zero attached hydrogens (tertiary/aromatic N) is 2. The van der Waals surface area contributed by atoms with Crippen LogP contribution in [0.1, 0.15) is 24.1 Å². The molecule has 19 heavy (non-hydrogen) atoms. The lowest BCUT2D eigenvalue weighted by atomic mass is 9.98. The van der Waals surface area contributed by atoms with Gasteiger partial charge in [0.15, 0.2) is 5.15 Å². The Morgan fingerprint density at radius 2 is 1.89 bits per heavy atom. The number of rotatable bonds is 3. The third-order valence-corrected chi connectivity index (χ3v) is 2.98. The smallest absolute Gasteiger partial charge is 0.153 e. The molecule has 0 aliphatic rings. The minimum atomic E-state index is -0.600. The van der Waals surface area contributed by atoms with Gasteiger partial charge < -0.3 is 5.73 Å². The molecule has 2 rings (SSSR count). The maximum atomic E-state index is 13.1. The van der Waals surface area contributed by atoms with Gasteiger partial charge in [0.25, 0.3) is 0 Å². The Morgan fingerprint density at radius 1 is 1.26 bits per heavy atom. The molecule has 0 amide bonds. The number of halogens is 3. The van der Waals surface area contributed by atoms with Gasteiger partial charge in [-0.3, -0.25) is 4.98 Å².